The lowest BCUT2D eigenvalue weighted by atomic mass is 10.3. The summed E-state index contributed by atoms with van der Waals surface area (Å²) in [7, 11) is -3.59. The summed E-state index contributed by atoms with van der Waals surface area (Å²) >= 11 is 17.7. The van der Waals surface area contributed by atoms with Crippen molar-refractivity contribution in [3.63, 3.8) is 0 Å². The van der Waals surface area contributed by atoms with Gasteiger partial charge in [0.1, 0.15) is 0 Å². The Hall–Kier alpha value is -0.640. The van der Waals surface area contributed by atoms with Crippen molar-refractivity contribution in [1.29, 1.82) is 0 Å². The van der Waals surface area contributed by atoms with Crippen LogP contribution in [0.3, 0.4) is 0 Å². The van der Waals surface area contributed by atoms with E-state index in [9.17, 15) is 13.2 Å². The maximum Gasteiger partial charge on any atom is 0.278 e. The predicted octanol–water partition coefficient (Wildman–Crippen LogP) is 4.42. The van der Waals surface area contributed by atoms with Crippen molar-refractivity contribution in [1.82, 2.24) is 9.29 Å². The Balaban J connectivity index is 2.35. The zero-order valence-electron chi connectivity index (χ0n) is 14.1. The van der Waals surface area contributed by atoms with Crippen molar-refractivity contribution in [2.75, 3.05) is 18.4 Å². The smallest absolute Gasteiger partial charge is 0.278 e. The van der Waals surface area contributed by atoms with E-state index in [1.165, 1.54) is 10.4 Å². The molecule has 11 heteroatoms. The van der Waals surface area contributed by atoms with E-state index in [-0.39, 0.29) is 10.0 Å². The Morgan fingerprint density at radius 2 is 1.85 bits per heavy atom. The molecule has 0 atom stereocenters. The number of carbonyl (C=O) groups excluding carboxylic acids is 1. The van der Waals surface area contributed by atoms with Gasteiger partial charge in [-0.15, -0.1) is 0 Å². The molecule has 1 amide bonds. The molecule has 0 radical (unpaired) electrons. The topological polar surface area (TPSA) is 79.4 Å². The summed E-state index contributed by atoms with van der Waals surface area (Å²) in [5, 5.41) is 2.63. The Morgan fingerprint density at radius 1 is 1.23 bits per heavy atom. The van der Waals surface area contributed by atoms with Gasteiger partial charge in [0, 0.05) is 13.1 Å². The highest BCUT2D eigenvalue weighted by Gasteiger charge is 2.31. The largest absolute Gasteiger partial charge is 0.298 e. The van der Waals surface area contributed by atoms with Crippen LogP contribution in [0.2, 0.25) is 0 Å². The van der Waals surface area contributed by atoms with Crippen molar-refractivity contribution in [2.24, 2.45) is 0 Å². The molecule has 144 valence electrons. The van der Waals surface area contributed by atoms with Crippen LogP contribution in [0.15, 0.2) is 23.1 Å². The van der Waals surface area contributed by atoms with Gasteiger partial charge in [0.15, 0.2) is 5.13 Å². The SMILES string of the molecule is CCCN(CCC)S(=O)(=O)c1ccc2nc(NC(=O)C(Cl)(Cl)Cl)sc2c1. The Morgan fingerprint density at radius 3 is 2.38 bits per heavy atom. The van der Waals surface area contributed by atoms with E-state index < -0.39 is 19.7 Å². The minimum absolute atomic E-state index is 0.190. The molecule has 6 nitrogen and oxygen atoms in total. The molecule has 1 N–H and O–H groups in total. The number of sulfonamides is 1. The minimum Gasteiger partial charge on any atom is -0.298 e. The van der Waals surface area contributed by atoms with Crippen molar-refractivity contribution in [3.8, 4) is 0 Å². The molecule has 0 aliphatic rings. The Kier molecular flexibility index (Phi) is 7.15. The van der Waals surface area contributed by atoms with Gasteiger partial charge >= 0.3 is 0 Å². The number of thiazole rings is 1. The predicted molar refractivity (Wildman–Crippen MR) is 108 cm³/mol. The van der Waals surface area contributed by atoms with Gasteiger partial charge in [0.2, 0.25) is 10.0 Å². The van der Waals surface area contributed by atoms with Crippen LogP contribution in [0, 0.1) is 0 Å². The lowest BCUT2D eigenvalue weighted by molar-refractivity contribution is -0.115. The van der Waals surface area contributed by atoms with Crippen LogP contribution in [0.25, 0.3) is 10.2 Å². The van der Waals surface area contributed by atoms with Gasteiger partial charge in [-0.1, -0.05) is 60.0 Å². The van der Waals surface area contributed by atoms with Crippen molar-refractivity contribution >= 4 is 77.4 Å². The third-order valence-electron chi connectivity index (χ3n) is 3.42. The van der Waals surface area contributed by atoms with E-state index in [2.05, 4.69) is 10.3 Å². The number of hydrogen-bond acceptors (Lipinski definition) is 5. The molecule has 26 heavy (non-hydrogen) atoms. The number of anilines is 1. The van der Waals surface area contributed by atoms with E-state index in [1.807, 2.05) is 13.8 Å². The van der Waals surface area contributed by atoms with Gasteiger partial charge in [-0.3, -0.25) is 10.1 Å². The van der Waals surface area contributed by atoms with Crippen LogP contribution >= 0.6 is 46.1 Å². The number of carbonyl (C=O) groups is 1. The molecule has 0 aliphatic heterocycles. The molecule has 0 saturated heterocycles. The summed E-state index contributed by atoms with van der Waals surface area (Å²) in [6.45, 7) is 4.79. The molecule has 0 unspecified atom stereocenters. The third kappa shape index (κ3) is 4.99. The summed E-state index contributed by atoms with van der Waals surface area (Å²) in [6.07, 6.45) is 1.46. The van der Waals surface area contributed by atoms with Crippen molar-refractivity contribution in [3.05, 3.63) is 18.2 Å². The minimum atomic E-state index is -3.59. The molecule has 0 bridgehead atoms. The highest BCUT2D eigenvalue weighted by molar-refractivity contribution is 7.89. The second-order valence-corrected chi connectivity index (χ2v) is 10.8. The molecule has 1 aromatic carbocycles. The lowest BCUT2D eigenvalue weighted by Crippen LogP contribution is -2.32. The summed E-state index contributed by atoms with van der Waals surface area (Å²) in [5.74, 6) is -0.827. The van der Waals surface area contributed by atoms with Crippen LogP contribution in [-0.4, -0.2) is 40.5 Å². The second kappa shape index (κ2) is 8.58. The summed E-state index contributed by atoms with van der Waals surface area (Å²) < 4.78 is 25.7. The van der Waals surface area contributed by atoms with E-state index in [0.717, 1.165) is 24.2 Å². The molecule has 2 rings (SSSR count). The number of alkyl halides is 3. The average Bonchev–Trinajstić information content (AvgIpc) is 2.95. The van der Waals surface area contributed by atoms with Gasteiger partial charge in [-0.05, 0) is 31.0 Å². The van der Waals surface area contributed by atoms with E-state index in [0.29, 0.717) is 23.3 Å². The maximum atomic E-state index is 12.9. The molecule has 2 aromatic rings. The number of amides is 1. The highest BCUT2D eigenvalue weighted by Crippen LogP contribution is 2.32. The van der Waals surface area contributed by atoms with E-state index >= 15 is 0 Å². The maximum absolute atomic E-state index is 12.9. The quantitative estimate of drug-likeness (QED) is 0.623. The van der Waals surface area contributed by atoms with Crippen LogP contribution in [-0.2, 0) is 14.8 Å². The van der Waals surface area contributed by atoms with Crippen LogP contribution < -0.4 is 5.32 Å². The Labute approximate surface area is 171 Å². The fourth-order valence-corrected chi connectivity index (χ4v) is 5.05. The second-order valence-electron chi connectivity index (χ2n) is 5.50. The Bertz CT molecular complexity index is 888. The molecule has 1 aromatic heterocycles. The molecule has 0 saturated carbocycles. The number of halogens is 3. The van der Waals surface area contributed by atoms with Gasteiger partial charge in [-0.25, -0.2) is 13.4 Å². The van der Waals surface area contributed by atoms with Gasteiger partial charge in [0.05, 0.1) is 15.1 Å². The summed E-state index contributed by atoms with van der Waals surface area (Å²) in [6, 6.07) is 4.65. The number of benzene rings is 1. The molecule has 1 heterocycles. The first-order chi connectivity index (χ1) is 12.1. The monoisotopic (exact) mass is 457 g/mol. The third-order valence-corrected chi connectivity index (χ3v) is 6.76. The lowest BCUT2D eigenvalue weighted by Gasteiger charge is -2.20. The standard InChI is InChI=1S/C15H18Cl3N3O3S2/c1-3-7-21(8-4-2)26(23,24)10-5-6-11-12(9-10)25-14(19-11)20-13(22)15(16,17)18/h5-6,9H,3-4,7-8H2,1-2H3,(H,19,20,22). The fourth-order valence-electron chi connectivity index (χ4n) is 2.29. The average molecular weight is 459 g/mol. The van der Waals surface area contributed by atoms with Crippen LogP contribution in [0.5, 0.6) is 0 Å². The van der Waals surface area contributed by atoms with Crippen molar-refractivity contribution in [2.45, 2.75) is 35.4 Å². The number of nitrogens with one attached hydrogen (secondary N) is 1. The molecule has 0 fully saturated rings. The van der Waals surface area contributed by atoms with Gasteiger partial charge in [-0.2, -0.15) is 4.31 Å². The number of nitrogens with zero attached hydrogens (tertiary/aromatic N) is 2. The number of hydrogen-bond donors (Lipinski definition) is 1. The first-order valence-corrected chi connectivity index (χ1v) is 11.3. The number of fused-ring (bicyclic) bond motifs is 1. The van der Waals surface area contributed by atoms with E-state index in [4.69, 9.17) is 34.8 Å². The first-order valence-electron chi connectivity index (χ1n) is 7.88. The molecular formula is C15H18Cl3N3O3S2. The zero-order valence-corrected chi connectivity index (χ0v) is 18.0. The van der Waals surface area contributed by atoms with E-state index in [1.54, 1.807) is 12.1 Å². The van der Waals surface area contributed by atoms with Crippen LogP contribution in [0.1, 0.15) is 26.7 Å². The number of aromatic nitrogens is 1. The first kappa shape index (κ1) is 21.7. The summed E-state index contributed by atoms with van der Waals surface area (Å²) in [5.41, 5.74) is 0.547. The summed E-state index contributed by atoms with van der Waals surface area (Å²) in [4.78, 5) is 16.1. The zero-order chi connectivity index (χ0) is 19.5. The van der Waals surface area contributed by atoms with Crippen LogP contribution in [0.4, 0.5) is 5.13 Å². The normalized spacial score (nSPS) is 12.7. The number of rotatable bonds is 7. The highest BCUT2D eigenvalue weighted by atomic mass is 35.6. The van der Waals surface area contributed by atoms with Gasteiger partial charge in [0.25, 0.3) is 9.70 Å². The molecule has 0 spiro atoms. The van der Waals surface area contributed by atoms with Gasteiger partial charge < -0.3 is 0 Å². The van der Waals surface area contributed by atoms with Crippen molar-refractivity contribution < 1.29 is 13.2 Å². The molecular weight excluding hydrogens is 441 g/mol. The fraction of sp³-hybridized carbons (Fsp3) is 0.467. The molecule has 0 aliphatic carbocycles.